The summed E-state index contributed by atoms with van der Waals surface area (Å²) in [6, 6.07) is 45.3. The maximum Gasteiger partial charge on any atom is 0.238 e. The molecule has 0 unspecified atom stereocenters. The summed E-state index contributed by atoms with van der Waals surface area (Å²) in [5.41, 5.74) is 8.03. The number of hydrogen-bond donors (Lipinski definition) is 0. The first kappa shape index (κ1) is 22.6. The van der Waals surface area contributed by atoms with Crippen molar-refractivity contribution in [3.8, 4) is 28.3 Å². The minimum absolute atomic E-state index is 0.590. The second kappa shape index (κ2) is 7.88. The third-order valence-corrected chi connectivity index (χ3v) is 9.52. The van der Waals surface area contributed by atoms with Gasteiger partial charge in [-0.2, -0.15) is 4.98 Å². The molecule has 7 aromatic carbocycles. The van der Waals surface area contributed by atoms with Crippen molar-refractivity contribution < 1.29 is 4.42 Å². The van der Waals surface area contributed by atoms with E-state index in [9.17, 15) is 0 Å². The highest BCUT2D eigenvalue weighted by Gasteiger charge is 2.26. The van der Waals surface area contributed by atoms with Crippen LogP contribution in [0, 0.1) is 0 Å². The Morgan fingerprint density at radius 1 is 0.455 bits per heavy atom. The van der Waals surface area contributed by atoms with Crippen LogP contribution in [0.5, 0.6) is 0 Å². The number of nitrogens with zero attached hydrogens (tertiary/aromatic N) is 3. The molecule has 202 valence electrons. The molecular weight excluding hydrogens is 538 g/mol. The first-order valence-corrected chi connectivity index (χ1v) is 14.9. The zero-order valence-electron chi connectivity index (χ0n) is 23.4. The Morgan fingerprint density at radius 3 is 1.82 bits per heavy atom. The number of rotatable bonds is 2. The van der Waals surface area contributed by atoms with Gasteiger partial charge in [-0.05, 0) is 56.3 Å². The Morgan fingerprint density at radius 2 is 1.07 bits per heavy atom. The number of aromatic nitrogens is 3. The van der Waals surface area contributed by atoms with Crippen LogP contribution in [-0.2, 0) is 0 Å². The molecule has 0 spiro atoms. The highest BCUT2D eigenvalue weighted by molar-refractivity contribution is 6.38. The van der Waals surface area contributed by atoms with Crippen LogP contribution in [-0.4, -0.2) is 14.5 Å². The lowest BCUT2D eigenvalue weighted by Gasteiger charge is -2.13. The average molecular weight is 560 g/mol. The van der Waals surface area contributed by atoms with Crippen LogP contribution in [0.2, 0.25) is 0 Å². The molecule has 1 aliphatic rings. The molecule has 0 saturated carbocycles. The number of benzene rings is 7. The molecule has 4 heteroatoms. The van der Waals surface area contributed by atoms with E-state index in [-0.39, 0.29) is 0 Å². The molecule has 0 saturated heterocycles. The van der Waals surface area contributed by atoms with Crippen LogP contribution in [0.3, 0.4) is 0 Å². The molecule has 1 aliphatic carbocycles. The summed E-state index contributed by atoms with van der Waals surface area (Å²) >= 11 is 0. The zero-order chi connectivity index (χ0) is 28.5. The molecule has 0 fully saturated rings. The van der Waals surface area contributed by atoms with Gasteiger partial charge < -0.3 is 4.42 Å². The molecule has 0 amide bonds. The van der Waals surface area contributed by atoms with Crippen LogP contribution < -0.4 is 0 Å². The molecule has 44 heavy (non-hydrogen) atoms. The predicted octanol–water partition coefficient (Wildman–Crippen LogP) is 10.6. The van der Waals surface area contributed by atoms with Crippen LogP contribution in [0.4, 0.5) is 0 Å². The third-order valence-electron chi connectivity index (χ3n) is 9.52. The van der Waals surface area contributed by atoms with Gasteiger partial charge >= 0.3 is 0 Å². The van der Waals surface area contributed by atoms with E-state index in [2.05, 4.69) is 108 Å². The summed E-state index contributed by atoms with van der Waals surface area (Å²) in [6.45, 7) is 0. The van der Waals surface area contributed by atoms with E-state index in [0.717, 1.165) is 38.6 Å². The van der Waals surface area contributed by atoms with Crippen LogP contribution in [0.25, 0.3) is 105 Å². The summed E-state index contributed by atoms with van der Waals surface area (Å²) < 4.78 is 8.66. The summed E-state index contributed by atoms with van der Waals surface area (Å²) in [5.74, 6) is 0.604. The molecule has 3 heterocycles. The van der Waals surface area contributed by atoms with Crippen molar-refractivity contribution >= 4 is 76.2 Å². The quantitative estimate of drug-likeness (QED) is 0.198. The lowest BCUT2D eigenvalue weighted by Crippen LogP contribution is -2.03. The van der Waals surface area contributed by atoms with Crippen molar-refractivity contribution in [2.75, 3.05) is 0 Å². The highest BCUT2D eigenvalue weighted by atomic mass is 16.3. The SMILES string of the molecule is c1ccc(-c2nc(-n3c4ccc5cccc6c5c4c4c5c(ccc7cccc-6c75)ccc43)nc3oc4ccccc4c23)cc1. The zero-order valence-corrected chi connectivity index (χ0v) is 23.4. The van der Waals surface area contributed by atoms with Crippen molar-refractivity contribution in [1.82, 2.24) is 14.5 Å². The maximum atomic E-state index is 6.42. The molecule has 10 aromatic rings. The predicted molar refractivity (Wildman–Crippen MR) is 181 cm³/mol. The van der Waals surface area contributed by atoms with Crippen LogP contribution >= 0.6 is 0 Å². The minimum atomic E-state index is 0.590. The topological polar surface area (TPSA) is 43.9 Å². The fraction of sp³-hybridized carbons (Fsp3) is 0. The molecule has 0 atom stereocenters. The standard InChI is InChI=1S/C40H21N3O/c1-2-8-25(9-3-1)38-35-28-12-4-5-15-31(28)44-39(35)42-40(41-38)43-29-20-18-23-11-7-14-27-26-13-6-10-22-16-17-24-19-21-30(43)37(34(24)32(22)26)36(29)33(23)27/h1-21H. The van der Waals surface area contributed by atoms with Crippen molar-refractivity contribution in [2.24, 2.45) is 0 Å². The normalized spacial score (nSPS) is 12.5. The van der Waals surface area contributed by atoms with E-state index in [1.54, 1.807) is 0 Å². The van der Waals surface area contributed by atoms with E-state index in [0.29, 0.717) is 11.7 Å². The number of hydrogen-bond acceptors (Lipinski definition) is 3. The fourth-order valence-corrected chi connectivity index (χ4v) is 7.74. The van der Waals surface area contributed by atoms with Gasteiger partial charge in [-0.15, -0.1) is 0 Å². The Hall–Kier alpha value is -6.00. The largest absolute Gasteiger partial charge is 0.437 e. The van der Waals surface area contributed by atoms with Gasteiger partial charge in [-0.25, -0.2) is 4.98 Å². The van der Waals surface area contributed by atoms with E-state index in [4.69, 9.17) is 14.4 Å². The van der Waals surface area contributed by atoms with Gasteiger partial charge in [0, 0.05) is 27.1 Å². The molecule has 4 nitrogen and oxygen atoms in total. The summed E-state index contributed by atoms with van der Waals surface area (Å²) in [5, 5.41) is 12.0. The Bertz CT molecular complexity index is 2880. The molecule has 3 aromatic heterocycles. The Balaban J connectivity index is 1.38. The van der Waals surface area contributed by atoms with Crippen molar-refractivity contribution in [1.29, 1.82) is 0 Å². The van der Waals surface area contributed by atoms with E-state index >= 15 is 0 Å². The molecule has 0 bridgehead atoms. The fourth-order valence-electron chi connectivity index (χ4n) is 7.74. The smallest absolute Gasteiger partial charge is 0.238 e. The van der Waals surface area contributed by atoms with E-state index < -0.39 is 0 Å². The van der Waals surface area contributed by atoms with Crippen molar-refractivity contribution in [3.63, 3.8) is 0 Å². The monoisotopic (exact) mass is 559 g/mol. The first-order chi connectivity index (χ1) is 21.8. The summed E-state index contributed by atoms with van der Waals surface area (Å²) in [4.78, 5) is 10.5. The molecule has 0 N–H and O–H groups in total. The maximum absolute atomic E-state index is 6.42. The lowest BCUT2D eigenvalue weighted by atomic mass is 9.93. The number of fused-ring (bicyclic) bond motifs is 4. The average Bonchev–Trinajstić information content (AvgIpc) is 3.59. The second-order valence-corrected chi connectivity index (χ2v) is 11.7. The molecule has 11 rings (SSSR count). The molecule has 0 radical (unpaired) electrons. The minimum Gasteiger partial charge on any atom is -0.437 e. The van der Waals surface area contributed by atoms with Gasteiger partial charge in [-0.3, -0.25) is 4.57 Å². The van der Waals surface area contributed by atoms with Gasteiger partial charge in [0.25, 0.3) is 0 Å². The third kappa shape index (κ3) is 2.69. The summed E-state index contributed by atoms with van der Waals surface area (Å²) in [7, 11) is 0. The van der Waals surface area contributed by atoms with Gasteiger partial charge in [0.15, 0.2) is 0 Å². The van der Waals surface area contributed by atoms with Crippen LogP contribution in [0.1, 0.15) is 0 Å². The highest BCUT2D eigenvalue weighted by Crippen LogP contribution is 2.49. The summed E-state index contributed by atoms with van der Waals surface area (Å²) in [6.07, 6.45) is 0. The number of furan rings is 1. The van der Waals surface area contributed by atoms with E-state index in [1.165, 1.54) is 54.2 Å². The first-order valence-electron chi connectivity index (χ1n) is 14.9. The van der Waals surface area contributed by atoms with Gasteiger partial charge in [0.1, 0.15) is 5.58 Å². The lowest BCUT2D eigenvalue weighted by molar-refractivity contribution is 0.651. The van der Waals surface area contributed by atoms with Crippen molar-refractivity contribution in [2.45, 2.75) is 0 Å². The van der Waals surface area contributed by atoms with Gasteiger partial charge in [-0.1, -0.05) is 109 Å². The Labute approximate surface area is 250 Å². The number of para-hydroxylation sites is 1. The van der Waals surface area contributed by atoms with Crippen LogP contribution in [0.15, 0.2) is 132 Å². The van der Waals surface area contributed by atoms with E-state index in [1.807, 2.05) is 24.3 Å². The second-order valence-electron chi connectivity index (χ2n) is 11.7. The van der Waals surface area contributed by atoms with Crippen molar-refractivity contribution in [3.05, 3.63) is 127 Å². The molecule has 0 aliphatic heterocycles. The Kier molecular flexibility index (Phi) is 4.04. The van der Waals surface area contributed by atoms with Gasteiger partial charge in [0.2, 0.25) is 11.7 Å². The van der Waals surface area contributed by atoms with Gasteiger partial charge in [0.05, 0.1) is 22.1 Å². The molecular formula is C40H21N3O.